The molecule has 0 spiro atoms. The average molecular weight is 423 g/mol. The summed E-state index contributed by atoms with van der Waals surface area (Å²) in [6.45, 7) is 9.10. The molecule has 0 saturated carbocycles. The zero-order valence-electron chi connectivity index (χ0n) is 18.3. The van der Waals surface area contributed by atoms with Crippen molar-refractivity contribution < 1.29 is 4.79 Å². The predicted octanol–water partition coefficient (Wildman–Crippen LogP) is 5.25. The normalized spacial score (nSPS) is 16.8. The van der Waals surface area contributed by atoms with Gasteiger partial charge in [0.1, 0.15) is 4.88 Å². The maximum absolute atomic E-state index is 13.3. The van der Waals surface area contributed by atoms with Crippen LogP contribution in [0.3, 0.4) is 0 Å². The molecule has 1 aliphatic rings. The number of aryl methyl sites for hydroxylation is 2. The van der Waals surface area contributed by atoms with Crippen molar-refractivity contribution in [1.29, 1.82) is 0 Å². The van der Waals surface area contributed by atoms with Gasteiger partial charge < -0.3 is 4.90 Å². The topological polar surface area (TPSA) is 51.0 Å². The second-order valence-corrected chi connectivity index (χ2v) is 9.17. The van der Waals surface area contributed by atoms with Gasteiger partial charge in [-0.05, 0) is 52.0 Å². The van der Waals surface area contributed by atoms with Crippen LogP contribution in [-0.4, -0.2) is 38.2 Å². The van der Waals surface area contributed by atoms with Crippen LogP contribution in [0.1, 0.15) is 70.5 Å². The Hall–Kier alpha value is -2.47. The SMILES string of the molecule is CC[C@H]1CCCCN1C(=O)c1sc(-n2nc(C)c(Cc3ccccc3)c2C)nc1C. The van der Waals surface area contributed by atoms with E-state index in [0.29, 0.717) is 6.04 Å². The minimum atomic E-state index is 0.133. The quantitative estimate of drug-likeness (QED) is 0.564. The van der Waals surface area contributed by atoms with Crippen LogP contribution in [0.15, 0.2) is 30.3 Å². The molecule has 1 amide bonds. The fraction of sp³-hybridized carbons (Fsp3) is 0.458. The van der Waals surface area contributed by atoms with Gasteiger partial charge in [0, 0.05) is 30.3 Å². The summed E-state index contributed by atoms with van der Waals surface area (Å²) in [6.07, 6.45) is 5.27. The van der Waals surface area contributed by atoms with Gasteiger partial charge in [0.15, 0.2) is 0 Å². The van der Waals surface area contributed by atoms with E-state index in [0.717, 1.165) is 59.3 Å². The first-order valence-corrected chi connectivity index (χ1v) is 11.7. The van der Waals surface area contributed by atoms with Gasteiger partial charge in [-0.15, -0.1) is 0 Å². The second kappa shape index (κ2) is 8.72. The molecule has 0 aliphatic carbocycles. The van der Waals surface area contributed by atoms with Gasteiger partial charge >= 0.3 is 0 Å². The molecule has 158 valence electrons. The Labute approximate surface area is 182 Å². The maximum atomic E-state index is 13.3. The average Bonchev–Trinajstić information content (AvgIpc) is 3.28. The Bertz CT molecular complexity index is 1040. The molecule has 1 atom stereocenters. The lowest BCUT2D eigenvalue weighted by atomic mass is 10.00. The van der Waals surface area contributed by atoms with Gasteiger partial charge in [-0.3, -0.25) is 4.79 Å². The number of aromatic nitrogens is 3. The highest BCUT2D eigenvalue weighted by Gasteiger charge is 2.29. The van der Waals surface area contributed by atoms with Crippen molar-refractivity contribution in [2.24, 2.45) is 0 Å². The van der Waals surface area contributed by atoms with Crippen molar-refractivity contribution in [3.8, 4) is 5.13 Å². The fourth-order valence-electron chi connectivity index (χ4n) is 4.41. The van der Waals surface area contributed by atoms with Crippen molar-refractivity contribution >= 4 is 17.2 Å². The van der Waals surface area contributed by atoms with Crippen LogP contribution in [0.2, 0.25) is 0 Å². The van der Waals surface area contributed by atoms with E-state index in [2.05, 4.69) is 43.0 Å². The number of nitrogens with zero attached hydrogens (tertiary/aromatic N) is 4. The van der Waals surface area contributed by atoms with E-state index in [9.17, 15) is 4.79 Å². The molecule has 1 aromatic carbocycles. The Morgan fingerprint density at radius 1 is 1.13 bits per heavy atom. The van der Waals surface area contributed by atoms with Gasteiger partial charge in [-0.2, -0.15) is 5.10 Å². The number of hydrogen-bond donors (Lipinski definition) is 0. The molecule has 6 heteroatoms. The van der Waals surface area contributed by atoms with Gasteiger partial charge in [-0.25, -0.2) is 9.67 Å². The first-order valence-electron chi connectivity index (χ1n) is 10.9. The van der Waals surface area contributed by atoms with Crippen LogP contribution >= 0.6 is 11.3 Å². The highest BCUT2D eigenvalue weighted by molar-refractivity contribution is 7.16. The van der Waals surface area contributed by atoms with Crippen molar-refractivity contribution in [3.05, 3.63) is 63.4 Å². The van der Waals surface area contributed by atoms with E-state index in [1.165, 1.54) is 28.9 Å². The molecule has 0 radical (unpaired) electrons. The van der Waals surface area contributed by atoms with E-state index in [1.807, 2.05) is 24.6 Å². The molecule has 2 aromatic heterocycles. The first-order chi connectivity index (χ1) is 14.5. The van der Waals surface area contributed by atoms with Crippen molar-refractivity contribution in [2.75, 3.05) is 6.54 Å². The first kappa shape index (κ1) is 20.8. The minimum Gasteiger partial charge on any atom is -0.335 e. The summed E-state index contributed by atoms with van der Waals surface area (Å²) < 4.78 is 1.91. The summed E-state index contributed by atoms with van der Waals surface area (Å²) in [4.78, 5) is 20.9. The number of rotatable bonds is 5. The molecular weight excluding hydrogens is 392 g/mol. The zero-order valence-corrected chi connectivity index (χ0v) is 19.1. The largest absolute Gasteiger partial charge is 0.335 e. The molecule has 0 bridgehead atoms. The van der Waals surface area contributed by atoms with Crippen molar-refractivity contribution in [3.63, 3.8) is 0 Å². The van der Waals surface area contributed by atoms with Crippen LogP contribution in [0.4, 0.5) is 0 Å². The molecule has 1 saturated heterocycles. The van der Waals surface area contributed by atoms with E-state index in [-0.39, 0.29) is 5.91 Å². The van der Waals surface area contributed by atoms with E-state index < -0.39 is 0 Å². The molecule has 4 rings (SSSR count). The Morgan fingerprint density at radius 3 is 2.63 bits per heavy atom. The third-order valence-electron chi connectivity index (χ3n) is 6.18. The number of piperidine rings is 1. The Morgan fingerprint density at radius 2 is 1.90 bits per heavy atom. The van der Waals surface area contributed by atoms with Crippen LogP contribution in [0.25, 0.3) is 5.13 Å². The molecule has 5 nitrogen and oxygen atoms in total. The maximum Gasteiger partial charge on any atom is 0.266 e. The van der Waals surface area contributed by atoms with Crippen LogP contribution in [-0.2, 0) is 6.42 Å². The lowest BCUT2D eigenvalue weighted by Crippen LogP contribution is -2.43. The molecule has 0 N–H and O–H groups in total. The summed E-state index contributed by atoms with van der Waals surface area (Å²) in [5.41, 5.74) is 5.40. The molecular formula is C24H30N4OS. The highest BCUT2D eigenvalue weighted by atomic mass is 32.1. The van der Waals surface area contributed by atoms with Crippen LogP contribution < -0.4 is 0 Å². The number of likely N-dealkylation sites (tertiary alicyclic amines) is 1. The molecule has 3 aromatic rings. The lowest BCUT2D eigenvalue weighted by Gasteiger charge is -2.35. The summed E-state index contributed by atoms with van der Waals surface area (Å²) in [7, 11) is 0. The van der Waals surface area contributed by atoms with E-state index in [1.54, 1.807) is 0 Å². The summed E-state index contributed by atoms with van der Waals surface area (Å²) in [5, 5.41) is 5.55. The molecule has 3 heterocycles. The van der Waals surface area contributed by atoms with Gasteiger partial charge in [0.2, 0.25) is 5.13 Å². The summed E-state index contributed by atoms with van der Waals surface area (Å²) in [6, 6.07) is 10.8. The number of benzene rings is 1. The lowest BCUT2D eigenvalue weighted by molar-refractivity contribution is 0.0612. The third kappa shape index (κ3) is 3.93. The second-order valence-electron chi connectivity index (χ2n) is 8.19. The monoisotopic (exact) mass is 422 g/mol. The van der Waals surface area contributed by atoms with Crippen molar-refractivity contribution in [2.45, 2.75) is 65.8 Å². The Balaban J connectivity index is 1.63. The van der Waals surface area contributed by atoms with Gasteiger partial charge in [-0.1, -0.05) is 48.6 Å². The number of amides is 1. The molecule has 1 aliphatic heterocycles. The van der Waals surface area contributed by atoms with E-state index >= 15 is 0 Å². The molecule has 1 fully saturated rings. The minimum absolute atomic E-state index is 0.133. The third-order valence-corrected chi connectivity index (χ3v) is 7.31. The van der Waals surface area contributed by atoms with Gasteiger partial charge in [0.05, 0.1) is 11.4 Å². The number of thiazole rings is 1. The molecule has 30 heavy (non-hydrogen) atoms. The van der Waals surface area contributed by atoms with Crippen molar-refractivity contribution in [1.82, 2.24) is 19.7 Å². The summed E-state index contributed by atoms with van der Waals surface area (Å²) in [5.74, 6) is 0.133. The van der Waals surface area contributed by atoms with Gasteiger partial charge in [0.25, 0.3) is 5.91 Å². The standard InChI is InChI=1S/C24H30N4OS/c1-5-20-13-9-10-14-27(20)23(29)22-17(3)25-24(30-22)28-18(4)21(16(2)26-28)15-19-11-7-6-8-12-19/h6-8,11-12,20H,5,9-10,13-15H2,1-4H3/t20-/m0/s1. The predicted molar refractivity (Wildman–Crippen MR) is 122 cm³/mol. The zero-order chi connectivity index (χ0) is 21.3. The number of hydrogen-bond acceptors (Lipinski definition) is 4. The number of carbonyl (C=O) groups is 1. The molecule has 0 unspecified atom stereocenters. The van der Waals surface area contributed by atoms with Crippen LogP contribution in [0, 0.1) is 20.8 Å². The van der Waals surface area contributed by atoms with Crippen LogP contribution in [0.5, 0.6) is 0 Å². The number of carbonyl (C=O) groups excluding carboxylic acids is 1. The Kier molecular flexibility index (Phi) is 6.04. The highest BCUT2D eigenvalue weighted by Crippen LogP contribution is 2.29. The smallest absolute Gasteiger partial charge is 0.266 e. The van der Waals surface area contributed by atoms with E-state index in [4.69, 9.17) is 10.1 Å². The fourth-order valence-corrected chi connectivity index (χ4v) is 5.44. The summed E-state index contributed by atoms with van der Waals surface area (Å²) >= 11 is 1.47.